The van der Waals surface area contributed by atoms with Gasteiger partial charge in [-0.3, -0.25) is 9.36 Å². The van der Waals surface area contributed by atoms with Crippen LogP contribution >= 0.6 is 11.3 Å². The van der Waals surface area contributed by atoms with Gasteiger partial charge in [0.15, 0.2) is 16.3 Å². The minimum absolute atomic E-state index is 0.122. The number of fused-ring (bicyclic) bond motifs is 2. The Hall–Kier alpha value is -4.63. The van der Waals surface area contributed by atoms with Gasteiger partial charge in [-0.2, -0.15) is 0 Å². The summed E-state index contributed by atoms with van der Waals surface area (Å²) in [5, 5.41) is 0. The Labute approximate surface area is 234 Å². The summed E-state index contributed by atoms with van der Waals surface area (Å²) in [6.45, 7) is 4.31. The highest BCUT2D eigenvalue weighted by Crippen LogP contribution is 2.38. The van der Waals surface area contributed by atoms with E-state index in [1.54, 1.807) is 30.5 Å². The smallest absolute Gasteiger partial charge is 0.338 e. The highest BCUT2D eigenvalue weighted by molar-refractivity contribution is 7.07. The lowest BCUT2D eigenvalue weighted by Gasteiger charge is -2.24. The monoisotopic (exact) mass is 554 g/mol. The summed E-state index contributed by atoms with van der Waals surface area (Å²) in [6.07, 6.45) is 1.82. The van der Waals surface area contributed by atoms with E-state index in [-0.39, 0.29) is 19.0 Å². The van der Waals surface area contributed by atoms with Crippen LogP contribution in [0.15, 0.2) is 93.9 Å². The first kappa shape index (κ1) is 25.6. The molecule has 0 amide bonds. The van der Waals surface area contributed by atoms with Gasteiger partial charge in [-0.15, -0.1) is 0 Å². The first-order valence-corrected chi connectivity index (χ1v) is 13.7. The van der Waals surface area contributed by atoms with E-state index in [2.05, 4.69) is 4.99 Å². The number of hydrogen-bond donors (Lipinski definition) is 0. The SMILES string of the molecule is CCOC(=O)C1=C(C)N=c2s/c(=C\c3ccc(OCc4ccccc4)cc3)c(=O)n2[C@@H]1c1ccc2c(c1)OCO2. The maximum Gasteiger partial charge on any atom is 0.338 e. The molecule has 0 aliphatic carbocycles. The molecule has 0 N–H and O–H groups in total. The fraction of sp³-hybridized carbons (Fsp3) is 0.194. The van der Waals surface area contributed by atoms with Crippen LogP contribution < -0.4 is 29.1 Å². The van der Waals surface area contributed by atoms with E-state index in [1.807, 2.05) is 66.7 Å². The van der Waals surface area contributed by atoms with Crippen molar-refractivity contribution in [3.05, 3.63) is 120 Å². The summed E-state index contributed by atoms with van der Waals surface area (Å²) in [7, 11) is 0. The zero-order valence-electron chi connectivity index (χ0n) is 22.0. The van der Waals surface area contributed by atoms with Gasteiger partial charge in [0, 0.05) is 0 Å². The van der Waals surface area contributed by atoms with E-state index in [9.17, 15) is 9.59 Å². The molecule has 202 valence electrons. The van der Waals surface area contributed by atoms with Gasteiger partial charge in [-0.1, -0.05) is 59.9 Å². The number of aromatic nitrogens is 1. The number of allylic oxidation sites excluding steroid dienone is 1. The van der Waals surface area contributed by atoms with Gasteiger partial charge in [-0.25, -0.2) is 9.79 Å². The molecule has 3 aromatic carbocycles. The molecule has 2 aliphatic heterocycles. The van der Waals surface area contributed by atoms with Crippen molar-refractivity contribution in [3.8, 4) is 17.2 Å². The zero-order chi connectivity index (χ0) is 27.6. The second-order valence-electron chi connectivity index (χ2n) is 9.26. The molecule has 0 radical (unpaired) electrons. The molecule has 4 aromatic rings. The minimum atomic E-state index is -0.722. The molecule has 6 rings (SSSR count). The topological polar surface area (TPSA) is 88.4 Å². The molecule has 9 heteroatoms. The maximum atomic E-state index is 13.8. The maximum absolute atomic E-state index is 13.8. The quantitative estimate of drug-likeness (QED) is 0.320. The molecule has 1 aromatic heterocycles. The minimum Gasteiger partial charge on any atom is -0.489 e. The van der Waals surface area contributed by atoms with Crippen LogP contribution in [0.3, 0.4) is 0 Å². The van der Waals surface area contributed by atoms with E-state index in [0.29, 0.717) is 44.3 Å². The number of nitrogens with zero attached hydrogens (tertiary/aromatic N) is 2. The van der Waals surface area contributed by atoms with Gasteiger partial charge in [0.2, 0.25) is 6.79 Å². The van der Waals surface area contributed by atoms with E-state index in [1.165, 1.54) is 11.3 Å². The number of carbonyl (C=O) groups excluding carboxylic acids is 1. The number of rotatable bonds is 7. The third kappa shape index (κ3) is 4.91. The van der Waals surface area contributed by atoms with Crippen LogP contribution in [0, 0.1) is 0 Å². The van der Waals surface area contributed by atoms with Gasteiger partial charge in [0.05, 0.1) is 28.5 Å². The zero-order valence-corrected chi connectivity index (χ0v) is 22.8. The van der Waals surface area contributed by atoms with E-state index < -0.39 is 12.0 Å². The van der Waals surface area contributed by atoms with Crippen molar-refractivity contribution in [2.75, 3.05) is 13.4 Å². The summed E-state index contributed by atoms with van der Waals surface area (Å²) in [4.78, 5) is 32.1. The van der Waals surface area contributed by atoms with E-state index in [0.717, 1.165) is 16.9 Å². The molecule has 3 heterocycles. The number of ether oxygens (including phenoxy) is 4. The Balaban J connectivity index is 1.37. The molecule has 0 spiro atoms. The molecule has 0 saturated heterocycles. The van der Waals surface area contributed by atoms with Crippen molar-refractivity contribution >= 4 is 23.4 Å². The summed E-state index contributed by atoms with van der Waals surface area (Å²) in [5.74, 6) is 1.41. The second-order valence-corrected chi connectivity index (χ2v) is 10.3. The first-order chi connectivity index (χ1) is 19.5. The number of benzene rings is 3. The average molecular weight is 555 g/mol. The summed E-state index contributed by atoms with van der Waals surface area (Å²) in [5.41, 5.74) is 3.22. The van der Waals surface area contributed by atoms with Crippen LogP contribution in [0.5, 0.6) is 17.2 Å². The summed E-state index contributed by atoms with van der Waals surface area (Å²) < 4.78 is 24.4. The van der Waals surface area contributed by atoms with Crippen LogP contribution in [0.2, 0.25) is 0 Å². The Morgan fingerprint density at radius 1 is 1.07 bits per heavy atom. The van der Waals surface area contributed by atoms with E-state index in [4.69, 9.17) is 18.9 Å². The molecule has 40 heavy (non-hydrogen) atoms. The lowest BCUT2D eigenvalue weighted by molar-refractivity contribution is -0.139. The standard InChI is InChI=1S/C31H26N2O6S/c1-3-36-30(35)27-19(2)32-31-33(28(27)22-11-14-24-25(16-22)39-18-38-24)29(34)26(40-31)15-20-9-12-23(13-10-20)37-17-21-7-5-4-6-8-21/h4-16,28H,3,17-18H2,1-2H3/b26-15-/t28-/m1/s1. The number of hydrogen-bond acceptors (Lipinski definition) is 8. The van der Waals surface area contributed by atoms with Crippen LogP contribution in [0.1, 0.15) is 36.6 Å². The van der Waals surface area contributed by atoms with Crippen molar-refractivity contribution in [1.82, 2.24) is 4.57 Å². The van der Waals surface area contributed by atoms with Crippen LogP contribution in [0.4, 0.5) is 0 Å². The highest BCUT2D eigenvalue weighted by atomic mass is 32.1. The predicted molar refractivity (Wildman–Crippen MR) is 150 cm³/mol. The summed E-state index contributed by atoms with van der Waals surface area (Å²) >= 11 is 1.28. The fourth-order valence-corrected chi connectivity index (χ4v) is 5.79. The Morgan fingerprint density at radius 2 is 1.85 bits per heavy atom. The molecule has 8 nitrogen and oxygen atoms in total. The molecule has 0 bridgehead atoms. The van der Waals surface area contributed by atoms with Crippen LogP contribution in [-0.2, 0) is 16.1 Å². The van der Waals surface area contributed by atoms with Gasteiger partial charge in [0.25, 0.3) is 5.56 Å². The molecule has 1 atom stereocenters. The Morgan fingerprint density at radius 3 is 2.62 bits per heavy atom. The largest absolute Gasteiger partial charge is 0.489 e. The lowest BCUT2D eigenvalue weighted by atomic mass is 9.95. The normalized spacial score (nSPS) is 15.9. The van der Waals surface area contributed by atoms with Crippen LogP contribution in [-0.4, -0.2) is 23.9 Å². The van der Waals surface area contributed by atoms with Crippen molar-refractivity contribution in [2.24, 2.45) is 4.99 Å². The van der Waals surface area contributed by atoms with E-state index >= 15 is 0 Å². The Bertz CT molecular complexity index is 1790. The number of carbonyl (C=O) groups is 1. The average Bonchev–Trinajstić information content (AvgIpc) is 3.56. The highest BCUT2D eigenvalue weighted by Gasteiger charge is 2.34. The molecule has 0 fully saturated rings. The van der Waals surface area contributed by atoms with Gasteiger partial charge < -0.3 is 18.9 Å². The predicted octanol–water partition coefficient (Wildman–Crippen LogP) is 4.11. The van der Waals surface area contributed by atoms with Gasteiger partial charge >= 0.3 is 5.97 Å². The Kier molecular flexibility index (Phi) is 6.96. The lowest BCUT2D eigenvalue weighted by Crippen LogP contribution is -2.39. The van der Waals surface area contributed by atoms with Crippen molar-refractivity contribution in [2.45, 2.75) is 26.5 Å². The van der Waals surface area contributed by atoms with Crippen molar-refractivity contribution in [3.63, 3.8) is 0 Å². The molecular weight excluding hydrogens is 528 g/mol. The second kappa shape index (κ2) is 10.9. The van der Waals surface area contributed by atoms with Crippen molar-refractivity contribution < 1.29 is 23.7 Å². The van der Waals surface area contributed by atoms with Gasteiger partial charge in [-0.05, 0) is 60.9 Å². The van der Waals surface area contributed by atoms with Gasteiger partial charge in [0.1, 0.15) is 12.4 Å². The first-order valence-electron chi connectivity index (χ1n) is 12.9. The number of thiazole rings is 1. The fourth-order valence-electron chi connectivity index (χ4n) is 4.74. The van der Waals surface area contributed by atoms with Crippen LogP contribution in [0.25, 0.3) is 6.08 Å². The summed E-state index contributed by atoms with van der Waals surface area (Å²) in [6, 6.07) is 22.2. The molecule has 2 aliphatic rings. The third-order valence-corrected chi connectivity index (χ3v) is 7.64. The van der Waals surface area contributed by atoms with Crippen molar-refractivity contribution in [1.29, 1.82) is 0 Å². The third-order valence-electron chi connectivity index (χ3n) is 6.66. The number of esters is 1. The molecule has 0 unspecified atom stereocenters. The molecule has 0 saturated carbocycles. The molecular formula is C31H26N2O6S.